The van der Waals surface area contributed by atoms with Gasteiger partial charge in [-0.05, 0) is 12.5 Å². The van der Waals surface area contributed by atoms with Crippen LogP contribution in [-0.2, 0) is 0 Å². The minimum atomic E-state index is -1.23. The number of anilines is 3. The zero-order valence-corrected chi connectivity index (χ0v) is 10.9. The van der Waals surface area contributed by atoms with Crippen molar-refractivity contribution >= 4 is 17.2 Å². The summed E-state index contributed by atoms with van der Waals surface area (Å²) in [6, 6.07) is 4.62. The fourth-order valence-corrected chi connectivity index (χ4v) is 1.66. The second kappa shape index (κ2) is 6.27. The minimum absolute atomic E-state index is 0.254. The Hall–Kier alpha value is -2.24. The third-order valence-corrected chi connectivity index (χ3v) is 2.59. The van der Waals surface area contributed by atoms with Gasteiger partial charge in [0.25, 0.3) is 0 Å². The molecule has 0 aliphatic carbocycles. The molecule has 0 saturated heterocycles. The van der Waals surface area contributed by atoms with Crippen LogP contribution < -0.4 is 10.6 Å². The van der Waals surface area contributed by atoms with E-state index in [4.69, 9.17) is 0 Å². The molecule has 0 aliphatic rings. The first-order valence-electron chi connectivity index (χ1n) is 6.21. The van der Waals surface area contributed by atoms with Gasteiger partial charge in [0.05, 0.1) is 5.69 Å². The maximum Gasteiger partial charge on any atom is 0.182 e. The second-order valence-electron chi connectivity index (χ2n) is 4.23. The summed E-state index contributed by atoms with van der Waals surface area (Å²) in [5.41, 5.74) is 0.234. The molecular weight excluding hydrogens is 267 g/mol. The highest BCUT2D eigenvalue weighted by molar-refractivity contribution is 5.63. The summed E-state index contributed by atoms with van der Waals surface area (Å²) in [5.74, 6) is -2.59. The molecule has 106 valence electrons. The van der Waals surface area contributed by atoms with E-state index in [1.807, 2.05) is 6.92 Å². The SMILES string of the molecule is CCCNc1cc(Nc2cc(F)cc(F)c2F)ccn1. The maximum absolute atomic E-state index is 13.5. The van der Waals surface area contributed by atoms with E-state index in [1.54, 1.807) is 12.1 Å². The summed E-state index contributed by atoms with van der Waals surface area (Å²) in [6.45, 7) is 2.76. The van der Waals surface area contributed by atoms with Crippen molar-refractivity contribution in [3.8, 4) is 0 Å². The summed E-state index contributed by atoms with van der Waals surface area (Å²) < 4.78 is 39.7. The quantitative estimate of drug-likeness (QED) is 0.811. The van der Waals surface area contributed by atoms with Crippen molar-refractivity contribution in [2.75, 3.05) is 17.2 Å². The van der Waals surface area contributed by atoms with Crippen molar-refractivity contribution in [1.82, 2.24) is 4.98 Å². The van der Waals surface area contributed by atoms with Crippen LogP contribution in [0.25, 0.3) is 0 Å². The molecule has 0 fully saturated rings. The van der Waals surface area contributed by atoms with Gasteiger partial charge in [-0.15, -0.1) is 0 Å². The Labute approximate surface area is 114 Å². The monoisotopic (exact) mass is 281 g/mol. The zero-order chi connectivity index (χ0) is 14.5. The van der Waals surface area contributed by atoms with Gasteiger partial charge >= 0.3 is 0 Å². The fourth-order valence-electron chi connectivity index (χ4n) is 1.66. The van der Waals surface area contributed by atoms with E-state index in [0.29, 0.717) is 17.6 Å². The number of halogens is 3. The van der Waals surface area contributed by atoms with Gasteiger partial charge in [-0.25, -0.2) is 18.2 Å². The molecule has 0 aliphatic heterocycles. The Morgan fingerprint density at radius 2 is 1.95 bits per heavy atom. The molecule has 6 heteroatoms. The molecule has 1 aromatic carbocycles. The van der Waals surface area contributed by atoms with Crippen LogP contribution in [0, 0.1) is 17.5 Å². The number of nitrogens with zero attached hydrogens (tertiary/aromatic N) is 1. The van der Waals surface area contributed by atoms with Gasteiger partial charge in [0.1, 0.15) is 11.6 Å². The first-order chi connectivity index (χ1) is 9.60. The maximum atomic E-state index is 13.5. The van der Waals surface area contributed by atoms with E-state index < -0.39 is 17.5 Å². The Kier molecular flexibility index (Phi) is 4.45. The predicted molar refractivity (Wildman–Crippen MR) is 72.6 cm³/mol. The Bertz CT molecular complexity index is 602. The molecule has 2 rings (SSSR count). The van der Waals surface area contributed by atoms with Crippen molar-refractivity contribution in [2.24, 2.45) is 0 Å². The number of pyridine rings is 1. The molecule has 3 nitrogen and oxygen atoms in total. The van der Waals surface area contributed by atoms with Crippen LogP contribution in [0.1, 0.15) is 13.3 Å². The van der Waals surface area contributed by atoms with Crippen molar-refractivity contribution in [3.63, 3.8) is 0 Å². The topological polar surface area (TPSA) is 37.0 Å². The number of rotatable bonds is 5. The van der Waals surface area contributed by atoms with Gasteiger partial charge < -0.3 is 10.6 Å². The van der Waals surface area contributed by atoms with Crippen LogP contribution in [0.4, 0.5) is 30.4 Å². The normalized spacial score (nSPS) is 10.4. The van der Waals surface area contributed by atoms with Gasteiger partial charge in [-0.2, -0.15) is 0 Å². The smallest absolute Gasteiger partial charge is 0.182 e. The second-order valence-corrected chi connectivity index (χ2v) is 4.23. The molecule has 0 bridgehead atoms. The van der Waals surface area contributed by atoms with Crippen molar-refractivity contribution in [3.05, 3.63) is 47.9 Å². The van der Waals surface area contributed by atoms with E-state index in [2.05, 4.69) is 15.6 Å². The lowest BCUT2D eigenvalue weighted by atomic mass is 10.2. The molecule has 20 heavy (non-hydrogen) atoms. The van der Waals surface area contributed by atoms with E-state index in [-0.39, 0.29) is 5.69 Å². The Balaban J connectivity index is 2.21. The van der Waals surface area contributed by atoms with Gasteiger partial charge in [-0.1, -0.05) is 6.92 Å². The average molecular weight is 281 g/mol. The molecule has 0 spiro atoms. The van der Waals surface area contributed by atoms with Gasteiger partial charge in [-0.3, -0.25) is 0 Å². The van der Waals surface area contributed by atoms with Crippen LogP contribution in [0.2, 0.25) is 0 Å². The molecule has 2 N–H and O–H groups in total. The summed E-state index contributed by atoms with van der Waals surface area (Å²) >= 11 is 0. The van der Waals surface area contributed by atoms with Crippen molar-refractivity contribution in [2.45, 2.75) is 13.3 Å². The number of aromatic nitrogens is 1. The number of nitrogens with one attached hydrogen (secondary N) is 2. The van der Waals surface area contributed by atoms with E-state index >= 15 is 0 Å². The van der Waals surface area contributed by atoms with Crippen LogP contribution in [0.3, 0.4) is 0 Å². The summed E-state index contributed by atoms with van der Waals surface area (Å²) in [5, 5.41) is 5.70. The largest absolute Gasteiger partial charge is 0.370 e. The van der Waals surface area contributed by atoms with Crippen molar-refractivity contribution < 1.29 is 13.2 Å². The standard InChI is InChI=1S/C14H14F3N3/c1-2-4-18-13-8-10(3-5-19-13)20-12-7-9(15)6-11(16)14(12)17/h3,5-8H,2,4H2,1H3,(H2,18,19,20). The molecule has 0 unspecified atom stereocenters. The molecule has 1 heterocycles. The van der Waals surface area contributed by atoms with E-state index in [0.717, 1.165) is 19.0 Å². The molecule has 0 radical (unpaired) electrons. The highest BCUT2D eigenvalue weighted by Gasteiger charge is 2.11. The van der Waals surface area contributed by atoms with Crippen LogP contribution in [0.5, 0.6) is 0 Å². The van der Waals surface area contributed by atoms with Gasteiger partial charge in [0.15, 0.2) is 11.6 Å². The highest BCUT2D eigenvalue weighted by Crippen LogP contribution is 2.24. The molecular formula is C14H14F3N3. The zero-order valence-electron chi connectivity index (χ0n) is 10.9. The average Bonchev–Trinajstić information content (AvgIpc) is 2.42. The van der Waals surface area contributed by atoms with Gasteiger partial charge in [0.2, 0.25) is 0 Å². The molecule has 0 saturated carbocycles. The lowest BCUT2D eigenvalue weighted by molar-refractivity contribution is 0.498. The number of benzene rings is 1. The molecule has 2 aromatic rings. The summed E-state index contributed by atoms with van der Waals surface area (Å²) in [6.07, 6.45) is 2.46. The third-order valence-electron chi connectivity index (χ3n) is 2.59. The third kappa shape index (κ3) is 3.40. The molecule has 0 amide bonds. The predicted octanol–water partition coefficient (Wildman–Crippen LogP) is 4.06. The van der Waals surface area contributed by atoms with Crippen molar-refractivity contribution in [1.29, 1.82) is 0 Å². The summed E-state index contributed by atoms with van der Waals surface area (Å²) in [7, 11) is 0. The highest BCUT2D eigenvalue weighted by atomic mass is 19.2. The minimum Gasteiger partial charge on any atom is -0.370 e. The van der Waals surface area contributed by atoms with Crippen LogP contribution in [0.15, 0.2) is 30.5 Å². The van der Waals surface area contributed by atoms with E-state index in [1.165, 1.54) is 6.20 Å². The summed E-state index contributed by atoms with van der Waals surface area (Å²) in [4.78, 5) is 4.08. The van der Waals surface area contributed by atoms with Crippen LogP contribution in [-0.4, -0.2) is 11.5 Å². The number of hydrogen-bond donors (Lipinski definition) is 2. The Morgan fingerprint density at radius 1 is 1.15 bits per heavy atom. The molecule has 0 atom stereocenters. The Morgan fingerprint density at radius 3 is 2.70 bits per heavy atom. The van der Waals surface area contributed by atoms with Gasteiger partial charge in [0, 0.05) is 36.6 Å². The fraction of sp³-hybridized carbons (Fsp3) is 0.214. The lowest BCUT2D eigenvalue weighted by Crippen LogP contribution is -2.03. The van der Waals surface area contributed by atoms with Crippen LogP contribution >= 0.6 is 0 Å². The number of hydrogen-bond acceptors (Lipinski definition) is 3. The first kappa shape index (κ1) is 14.2. The lowest BCUT2D eigenvalue weighted by Gasteiger charge is -2.10. The molecule has 1 aromatic heterocycles. The first-order valence-corrected chi connectivity index (χ1v) is 6.21. The van der Waals surface area contributed by atoms with E-state index in [9.17, 15) is 13.2 Å².